The molecule has 4 N–H and O–H groups in total. The Morgan fingerprint density at radius 3 is 1.52 bits per heavy atom. The molecule has 0 aromatic carbocycles. The van der Waals surface area contributed by atoms with Crippen molar-refractivity contribution in [3.8, 4) is 0 Å². The monoisotopic (exact) mass is 805 g/mol. The molecule has 3 atom stereocenters. The summed E-state index contributed by atoms with van der Waals surface area (Å²) in [4.78, 5) is 45.9. The van der Waals surface area contributed by atoms with Gasteiger partial charge in [0.2, 0.25) is 0 Å². The molecule has 0 radical (unpaired) electrons. The van der Waals surface area contributed by atoms with Gasteiger partial charge in [-0.15, -0.1) is 0 Å². The molecular formula is C44H72NO10P. The molecule has 0 spiro atoms. The normalized spacial score (nSPS) is 14.6. The lowest BCUT2D eigenvalue weighted by Crippen LogP contribution is -2.34. The highest BCUT2D eigenvalue weighted by molar-refractivity contribution is 7.47. The smallest absolute Gasteiger partial charge is 0.472 e. The van der Waals surface area contributed by atoms with E-state index in [2.05, 4.69) is 103 Å². The summed E-state index contributed by atoms with van der Waals surface area (Å²) in [7, 11) is -4.74. The average Bonchev–Trinajstić information content (AvgIpc) is 3.17. The molecule has 0 heterocycles. The van der Waals surface area contributed by atoms with Gasteiger partial charge in [-0.25, -0.2) is 4.57 Å². The van der Waals surface area contributed by atoms with Crippen molar-refractivity contribution >= 4 is 25.7 Å². The van der Waals surface area contributed by atoms with Gasteiger partial charge in [0.05, 0.1) is 13.2 Å². The number of ether oxygens (including phenoxy) is 2. The molecule has 0 saturated carbocycles. The van der Waals surface area contributed by atoms with Crippen LogP contribution in [0.3, 0.4) is 0 Å². The van der Waals surface area contributed by atoms with Crippen molar-refractivity contribution < 1.29 is 47.5 Å². The quantitative estimate of drug-likeness (QED) is 0.0236. The van der Waals surface area contributed by atoms with Crippen LogP contribution in [0.5, 0.6) is 0 Å². The molecule has 12 heteroatoms. The van der Waals surface area contributed by atoms with Crippen molar-refractivity contribution in [1.29, 1.82) is 0 Å². The second-order valence-electron chi connectivity index (χ2n) is 13.4. The highest BCUT2D eigenvalue weighted by Gasteiger charge is 2.28. The fraction of sp³-hybridized carbons (Fsp3) is 0.614. The molecule has 0 aliphatic carbocycles. The number of nitrogens with two attached hydrogens (primary N) is 1. The molecule has 0 aliphatic heterocycles. The van der Waals surface area contributed by atoms with E-state index in [0.29, 0.717) is 12.8 Å². The van der Waals surface area contributed by atoms with Gasteiger partial charge in [0.1, 0.15) is 12.6 Å². The number of carboxylic acids is 1. The number of carboxylic acid groups (broad SMARTS) is 1. The number of phosphoric ester groups is 1. The van der Waals surface area contributed by atoms with E-state index >= 15 is 0 Å². The Labute approximate surface area is 337 Å². The minimum absolute atomic E-state index is 0.120. The fourth-order valence-electron chi connectivity index (χ4n) is 4.88. The first-order chi connectivity index (χ1) is 27.1. The Bertz CT molecular complexity index is 1270. The number of unbranched alkanes of at least 4 members (excludes halogenated alkanes) is 9. The number of esters is 2. The number of rotatable bonds is 37. The van der Waals surface area contributed by atoms with Crippen LogP contribution in [-0.4, -0.2) is 59.9 Å². The summed E-state index contributed by atoms with van der Waals surface area (Å²) in [5, 5.41) is 8.88. The van der Waals surface area contributed by atoms with Gasteiger partial charge < -0.3 is 25.2 Å². The maximum atomic E-state index is 12.6. The first-order valence-electron chi connectivity index (χ1n) is 20.6. The van der Waals surface area contributed by atoms with Crippen molar-refractivity contribution in [3.63, 3.8) is 0 Å². The summed E-state index contributed by atoms with van der Waals surface area (Å²) < 4.78 is 32.6. The predicted molar refractivity (Wildman–Crippen MR) is 226 cm³/mol. The zero-order valence-electron chi connectivity index (χ0n) is 34.2. The molecular weight excluding hydrogens is 733 g/mol. The Balaban J connectivity index is 4.53. The van der Waals surface area contributed by atoms with E-state index in [1.165, 1.54) is 19.3 Å². The summed E-state index contributed by atoms with van der Waals surface area (Å²) in [5.74, 6) is -2.47. The van der Waals surface area contributed by atoms with Crippen LogP contribution >= 0.6 is 7.82 Å². The van der Waals surface area contributed by atoms with E-state index in [1.54, 1.807) is 0 Å². The lowest BCUT2D eigenvalue weighted by molar-refractivity contribution is -0.161. The summed E-state index contributed by atoms with van der Waals surface area (Å²) in [6.07, 6.45) is 46.5. The first-order valence-corrected chi connectivity index (χ1v) is 22.1. The minimum Gasteiger partial charge on any atom is -0.480 e. The highest BCUT2D eigenvalue weighted by atomic mass is 31.2. The van der Waals surface area contributed by atoms with Crippen molar-refractivity contribution in [2.75, 3.05) is 19.8 Å². The van der Waals surface area contributed by atoms with Gasteiger partial charge in [0.25, 0.3) is 0 Å². The molecule has 0 amide bonds. The van der Waals surface area contributed by atoms with Crippen LogP contribution in [0.2, 0.25) is 0 Å². The van der Waals surface area contributed by atoms with Gasteiger partial charge in [0, 0.05) is 12.8 Å². The lowest BCUT2D eigenvalue weighted by atomic mass is 10.1. The second kappa shape index (κ2) is 38.5. The van der Waals surface area contributed by atoms with E-state index in [0.717, 1.165) is 83.5 Å². The number of hydrogen-bond acceptors (Lipinski definition) is 9. The lowest BCUT2D eigenvalue weighted by Gasteiger charge is -2.20. The summed E-state index contributed by atoms with van der Waals surface area (Å²) in [6.45, 7) is 2.57. The standard InChI is InChI=1S/C44H72NO10P/c1-3-5-7-9-11-13-15-17-19-20-22-24-26-28-30-32-34-36-43(47)55-40(38-53-56(50,51)54-39-41(45)44(48)49)37-52-42(46)35-33-31-29-27-25-23-21-18-16-14-12-10-8-6-4-2/h5,7,11-14,17-19,21-22,24-25,27,40-41H,3-4,6,8-10,15-16,20,23,26,28-39,45H2,1-2H3,(H,48,49)(H,50,51)/b7-5-,13-11-,14-12-,19-17-,21-18-,24-22-,27-25-/t40-,41+/m1/s1. The van der Waals surface area contributed by atoms with E-state index in [9.17, 15) is 23.8 Å². The number of phosphoric acid groups is 1. The number of aliphatic carboxylic acids is 1. The maximum absolute atomic E-state index is 12.6. The first kappa shape index (κ1) is 52.7. The number of allylic oxidation sites excluding steroid dienone is 14. The molecule has 0 rings (SSSR count). The third kappa shape index (κ3) is 37.6. The van der Waals surface area contributed by atoms with Crippen LogP contribution in [0.25, 0.3) is 0 Å². The van der Waals surface area contributed by atoms with Crippen LogP contribution in [0, 0.1) is 0 Å². The topological polar surface area (TPSA) is 172 Å². The third-order valence-corrected chi connectivity index (χ3v) is 9.08. The van der Waals surface area contributed by atoms with Crippen molar-refractivity contribution in [2.24, 2.45) is 5.73 Å². The Morgan fingerprint density at radius 1 is 0.571 bits per heavy atom. The largest absolute Gasteiger partial charge is 0.480 e. The molecule has 0 aromatic rings. The number of carbonyl (C=O) groups excluding carboxylic acids is 2. The summed E-state index contributed by atoms with van der Waals surface area (Å²) >= 11 is 0. The summed E-state index contributed by atoms with van der Waals surface area (Å²) in [6, 6.07) is -1.53. The van der Waals surface area contributed by atoms with Crippen molar-refractivity contribution in [1.82, 2.24) is 0 Å². The van der Waals surface area contributed by atoms with E-state index in [4.69, 9.17) is 24.8 Å². The van der Waals surface area contributed by atoms with Gasteiger partial charge in [0.15, 0.2) is 6.10 Å². The molecule has 0 aromatic heterocycles. The zero-order chi connectivity index (χ0) is 41.4. The van der Waals surface area contributed by atoms with Crippen LogP contribution in [-0.2, 0) is 37.5 Å². The second-order valence-corrected chi connectivity index (χ2v) is 14.8. The predicted octanol–water partition coefficient (Wildman–Crippen LogP) is 10.7. The molecule has 318 valence electrons. The van der Waals surface area contributed by atoms with E-state index < -0.39 is 51.1 Å². The SMILES string of the molecule is CC/C=C\C/C=C\C/C=C\C/C=C\CCCCCCC(=O)O[C@H](COC(=O)CCCC/C=C\C/C=C\C/C=C\CCCCC)COP(=O)(O)OC[C@H](N)C(=O)O. The van der Waals surface area contributed by atoms with Crippen molar-refractivity contribution in [3.05, 3.63) is 85.1 Å². The van der Waals surface area contributed by atoms with E-state index in [1.807, 2.05) is 0 Å². The minimum atomic E-state index is -4.74. The van der Waals surface area contributed by atoms with Gasteiger partial charge in [-0.2, -0.15) is 0 Å². The molecule has 56 heavy (non-hydrogen) atoms. The van der Waals surface area contributed by atoms with Gasteiger partial charge in [-0.3, -0.25) is 23.4 Å². The Kier molecular flexibility index (Phi) is 36.2. The van der Waals surface area contributed by atoms with Crippen molar-refractivity contribution in [2.45, 2.75) is 154 Å². The molecule has 0 saturated heterocycles. The van der Waals surface area contributed by atoms with Gasteiger partial charge >= 0.3 is 25.7 Å². The molecule has 0 aliphatic rings. The fourth-order valence-corrected chi connectivity index (χ4v) is 5.66. The number of carbonyl (C=O) groups is 3. The van der Waals surface area contributed by atoms with E-state index in [-0.39, 0.29) is 19.4 Å². The molecule has 0 fully saturated rings. The van der Waals surface area contributed by atoms with Crippen LogP contribution in [0.1, 0.15) is 142 Å². The van der Waals surface area contributed by atoms with Gasteiger partial charge in [-0.05, 0) is 89.9 Å². The third-order valence-electron chi connectivity index (χ3n) is 8.13. The van der Waals surface area contributed by atoms with Gasteiger partial charge in [-0.1, -0.05) is 125 Å². The zero-order valence-corrected chi connectivity index (χ0v) is 35.1. The Morgan fingerprint density at radius 2 is 1.00 bits per heavy atom. The molecule has 11 nitrogen and oxygen atoms in total. The summed E-state index contributed by atoms with van der Waals surface area (Å²) in [5.41, 5.74) is 5.32. The number of hydrogen-bond donors (Lipinski definition) is 3. The van der Waals surface area contributed by atoms with Crippen LogP contribution < -0.4 is 5.73 Å². The Hall–Kier alpha value is -3.34. The highest BCUT2D eigenvalue weighted by Crippen LogP contribution is 2.43. The maximum Gasteiger partial charge on any atom is 0.472 e. The molecule has 0 bridgehead atoms. The molecule has 1 unspecified atom stereocenters. The van der Waals surface area contributed by atoms with Crippen LogP contribution in [0.4, 0.5) is 0 Å². The average molecular weight is 806 g/mol. The van der Waals surface area contributed by atoms with Crippen LogP contribution in [0.15, 0.2) is 85.1 Å².